The predicted octanol–water partition coefficient (Wildman–Crippen LogP) is 1.99. The lowest BCUT2D eigenvalue weighted by Gasteiger charge is -2.03. The van der Waals surface area contributed by atoms with Crippen LogP contribution in [0.3, 0.4) is 0 Å². The molecule has 1 heterocycles. The van der Waals surface area contributed by atoms with E-state index in [0.717, 1.165) is 10.7 Å². The number of rotatable bonds is 1. The molecule has 0 aliphatic heterocycles. The molecule has 1 aromatic carbocycles. The van der Waals surface area contributed by atoms with Gasteiger partial charge in [-0.15, -0.1) is 0 Å². The summed E-state index contributed by atoms with van der Waals surface area (Å²) >= 11 is 0. The van der Waals surface area contributed by atoms with E-state index in [-0.39, 0.29) is 0 Å². The summed E-state index contributed by atoms with van der Waals surface area (Å²) in [6, 6.07) is 3.02. The third-order valence-electron chi connectivity index (χ3n) is 1.98. The Morgan fingerprint density at radius 3 is 2.56 bits per heavy atom. The maximum absolute atomic E-state index is 13.2. The summed E-state index contributed by atoms with van der Waals surface area (Å²) < 4.78 is 39.5. The minimum atomic E-state index is -1.67. The lowest BCUT2D eigenvalue weighted by atomic mass is 10.2. The number of hydrogen-bond acceptors (Lipinski definition) is 2. The van der Waals surface area contributed by atoms with E-state index < -0.39 is 28.9 Å². The van der Waals surface area contributed by atoms with Gasteiger partial charge in [-0.2, -0.15) is 5.10 Å². The highest BCUT2D eigenvalue weighted by atomic mass is 19.2. The summed E-state index contributed by atoms with van der Waals surface area (Å²) in [6.07, 6.45) is 2.60. The number of benzene rings is 1. The Balaban J connectivity index is 2.50. The minimum absolute atomic E-state index is 0.567. The fourth-order valence-electron chi connectivity index (χ4n) is 1.20. The van der Waals surface area contributed by atoms with E-state index in [9.17, 15) is 18.0 Å². The van der Waals surface area contributed by atoms with Gasteiger partial charge in [-0.1, -0.05) is 0 Å². The molecule has 0 saturated heterocycles. The van der Waals surface area contributed by atoms with Crippen molar-refractivity contribution in [2.24, 2.45) is 0 Å². The summed E-state index contributed by atoms with van der Waals surface area (Å²) in [5.41, 5.74) is -0.567. The van der Waals surface area contributed by atoms with Crippen molar-refractivity contribution in [3.8, 4) is 0 Å². The molecule has 1 aromatic heterocycles. The van der Waals surface area contributed by atoms with Crippen LogP contribution in [-0.2, 0) is 0 Å². The Hall–Kier alpha value is -2.11. The zero-order valence-electron chi connectivity index (χ0n) is 7.82. The van der Waals surface area contributed by atoms with Gasteiger partial charge in [-0.3, -0.25) is 4.79 Å². The maximum atomic E-state index is 13.2. The van der Waals surface area contributed by atoms with Crippen LogP contribution in [0.1, 0.15) is 10.4 Å². The molecule has 6 heteroatoms. The predicted molar refractivity (Wildman–Crippen MR) is 48.3 cm³/mol. The first-order chi connectivity index (χ1) is 7.61. The molecule has 0 atom stereocenters. The van der Waals surface area contributed by atoms with Crippen LogP contribution in [0.15, 0.2) is 30.6 Å². The smallest absolute Gasteiger partial charge is 0.267 e. The molecule has 2 aromatic rings. The monoisotopic (exact) mass is 226 g/mol. The quantitative estimate of drug-likeness (QED) is 0.697. The normalized spacial score (nSPS) is 10.4. The fraction of sp³-hybridized carbons (Fsp3) is 0. The number of aromatic nitrogens is 2. The van der Waals surface area contributed by atoms with E-state index in [1.54, 1.807) is 0 Å². The van der Waals surface area contributed by atoms with Gasteiger partial charge in [0.15, 0.2) is 17.5 Å². The molecule has 82 valence electrons. The van der Waals surface area contributed by atoms with Gasteiger partial charge < -0.3 is 0 Å². The standard InChI is InChI=1S/C10H5F3N2O/c11-7-3-2-6(8(12)9(7)13)10(16)15-5-1-4-14-15/h1-5H. The molecule has 16 heavy (non-hydrogen) atoms. The Labute approximate surface area is 88.1 Å². The van der Waals surface area contributed by atoms with Crippen molar-refractivity contribution in [2.75, 3.05) is 0 Å². The fourth-order valence-corrected chi connectivity index (χ4v) is 1.20. The average Bonchev–Trinajstić information content (AvgIpc) is 2.79. The highest BCUT2D eigenvalue weighted by Gasteiger charge is 2.19. The van der Waals surface area contributed by atoms with Crippen molar-refractivity contribution in [2.45, 2.75) is 0 Å². The highest BCUT2D eigenvalue weighted by Crippen LogP contribution is 2.15. The van der Waals surface area contributed by atoms with Crippen molar-refractivity contribution in [3.63, 3.8) is 0 Å². The summed E-state index contributed by atoms with van der Waals surface area (Å²) in [4.78, 5) is 11.6. The summed E-state index contributed by atoms with van der Waals surface area (Å²) in [6.45, 7) is 0. The van der Waals surface area contributed by atoms with E-state index in [1.807, 2.05) is 0 Å². The van der Waals surface area contributed by atoms with Crippen molar-refractivity contribution >= 4 is 5.91 Å². The SMILES string of the molecule is O=C(c1ccc(F)c(F)c1F)n1cccn1. The van der Waals surface area contributed by atoms with Crippen LogP contribution in [-0.4, -0.2) is 15.7 Å². The number of hydrogen-bond donors (Lipinski definition) is 0. The average molecular weight is 226 g/mol. The molecular formula is C10H5F3N2O. The molecule has 0 unspecified atom stereocenters. The third-order valence-corrected chi connectivity index (χ3v) is 1.98. The Bertz CT molecular complexity index is 537. The molecule has 0 bridgehead atoms. The van der Waals surface area contributed by atoms with E-state index >= 15 is 0 Å². The van der Waals surface area contributed by atoms with Crippen LogP contribution in [0.5, 0.6) is 0 Å². The van der Waals surface area contributed by atoms with Crippen LogP contribution < -0.4 is 0 Å². The topological polar surface area (TPSA) is 34.9 Å². The first-order valence-electron chi connectivity index (χ1n) is 4.29. The molecule has 0 spiro atoms. The second-order valence-corrected chi connectivity index (χ2v) is 2.98. The maximum Gasteiger partial charge on any atom is 0.281 e. The number of carbonyl (C=O) groups excluding carboxylic acids is 1. The Morgan fingerprint density at radius 1 is 1.19 bits per heavy atom. The van der Waals surface area contributed by atoms with Gasteiger partial charge in [0.2, 0.25) is 0 Å². The van der Waals surface area contributed by atoms with Gasteiger partial charge in [0.05, 0.1) is 5.56 Å². The van der Waals surface area contributed by atoms with E-state index in [1.165, 1.54) is 18.5 Å². The molecule has 0 radical (unpaired) electrons. The van der Waals surface area contributed by atoms with Gasteiger partial charge in [-0.25, -0.2) is 17.9 Å². The molecule has 3 nitrogen and oxygen atoms in total. The molecule has 0 fully saturated rings. The number of halogens is 3. The van der Waals surface area contributed by atoms with Crippen molar-refractivity contribution in [3.05, 3.63) is 53.6 Å². The largest absolute Gasteiger partial charge is 0.281 e. The molecule has 0 aliphatic carbocycles. The molecule has 0 aliphatic rings. The van der Waals surface area contributed by atoms with Crippen LogP contribution in [0.4, 0.5) is 13.2 Å². The number of carbonyl (C=O) groups is 1. The highest BCUT2D eigenvalue weighted by molar-refractivity contribution is 5.95. The number of nitrogens with zero attached hydrogens (tertiary/aromatic N) is 2. The minimum Gasteiger partial charge on any atom is -0.267 e. The van der Waals surface area contributed by atoms with Crippen LogP contribution in [0.2, 0.25) is 0 Å². The summed E-state index contributed by atoms with van der Waals surface area (Å²) in [5.74, 6) is -5.38. The lowest BCUT2D eigenvalue weighted by molar-refractivity contribution is 0.0939. The van der Waals surface area contributed by atoms with Gasteiger partial charge in [-0.05, 0) is 18.2 Å². The van der Waals surface area contributed by atoms with E-state index in [4.69, 9.17) is 0 Å². The van der Waals surface area contributed by atoms with Gasteiger partial charge in [0.25, 0.3) is 5.91 Å². The second-order valence-electron chi connectivity index (χ2n) is 2.98. The van der Waals surface area contributed by atoms with Crippen molar-refractivity contribution < 1.29 is 18.0 Å². The van der Waals surface area contributed by atoms with E-state index in [0.29, 0.717) is 6.07 Å². The van der Waals surface area contributed by atoms with Gasteiger partial charge >= 0.3 is 0 Å². The summed E-state index contributed by atoms with van der Waals surface area (Å²) in [7, 11) is 0. The van der Waals surface area contributed by atoms with Crippen molar-refractivity contribution in [1.82, 2.24) is 9.78 Å². The van der Waals surface area contributed by atoms with Gasteiger partial charge in [0, 0.05) is 12.4 Å². The van der Waals surface area contributed by atoms with Crippen LogP contribution in [0.25, 0.3) is 0 Å². The zero-order valence-corrected chi connectivity index (χ0v) is 7.82. The lowest BCUT2D eigenvalue weighted by Crippen LogP contribution is -2.15. The Morgan fingerprint density at radius 2 is 1.94 bits per heavy atom. The first-order valence-corrected chi connectivity index (χ1v) is 4.29. The second kappa shape index (κ2) is 3.80. The Kier molecular flexibility index (Phi) is 2.47. The van der Waals surface area contributed by atoms with Crippen molar-refractivity contribution in [1.29, 1.82) is 0 Å². The van der Waals surface area contributed by atoms with Gasteiger partial charge in [0.1, 0.15) is 0 Å². The first kappa shape index (κ1) is 10.4. The third kappa shape index (κ3) is 1.58. The zero-order chi connectivity index (χ0) is 11.7. The molecule has 0 N–H and O–H groups in total. The summed E-state index contributed by atoms with van der Waals surface area (Å²) in [5, 5.41) is 3.57. The molecule has 0 amide bonds. The molecular weight excluding hydrogens is 221 g/mol. The van der Waals surface area contributed by atoms with Crippen LogP contribution >= 0.6 is 0 Å². The van der Waals surface area contributed by atoms with E-state index in [2.05, 4.69) is 5.10 Å². The van der Waals surface area contributed by atoms with Crippen LogP contribution in [0, 0.1) is 17.5 Å². The molecule has 2 rings (SSSR count). The molecule has 0 saturated carbocycles.